The molecule has 0 fully saturated rings. The zero-order valence-electron chi connectivity index (χ0n) is 14.8. The molecule has 0 saturated carbocycles. The Morgan fingerprint density at radius 2 is 2.00 bits per heavy atom. The number of carbonyl (C=O) groups excluding carboxylic acids is 1. The van der Waals surface area contributed by atoms with Crippen LogP contribution in [0.25, 0.3) is 0 Å². The lowest BCUT2D eigenvalue weighted by atomic mass is 9.90. The van der Waals surface area contributed by atoms with Crippen molar-refractivity contribution < 1.29 is 4.79 Å². The summed E-state index contributed by atoms with van der Waals surface area (Å²) in [6, 6.07) is 9.93. The highest BCUT2D eigenvalue weighted by Gasteiger charge is 2.13. The van der Waals surface area contributed by atoms with Crippen LogP contribution in [0, 0.1) is 0 Å². The maximum Gasteiger partial charge on any atom is 0.222 e. The first-order valence-corrected chi connectivity index (χ1v) is 8.52. The molecule has 7 heteroatoms. The SMILES string of the molecule is CC(=O)Nc1ccc(CN=C(N)Nc2cccc3c2CCCC3)cn1.I. The van der Waals surface area contributed by atoms with Crippen LogP contribution in [0.15, 0.2) is 41.5 Å². The normalized spacial score (nSPS) is 13.3. The molecular formula is C19H24IN5O. The molecular weight excluding hydrogens is 441 g/mol. The Hall–Kier alpha value is -2.16. The summed E-state index contributed by atoms with van der Waals surface area (Å²) in [7, 11) is 0. The minimum atomic E-state index is -0.141. The van der Waals surface area contributed by atoms with E-state index in [4.69, 9.17) is 5.73 Å². The molecule has 1 amide bonds. The summed E-state index contributed by atoms with van der Waals surface area (Å²) in [5.41, 5.74) is 10.8. The van der Waals surface area contributed by atoms with Gasteiger partial charge in [0.15, 0.2) is 5.96 Å². The summed E-state index contributed by atoms with van der Waals surface area (Å²) in [5.74, 6) is 0.782. The van der Waals surface area contributed by atoms with E-state index in [-0.39, 0.29) is 29.9 Å². The number of nitrogens with one attached hydrogen (secondary N) is 2. The Balaban J connectivity index is 0.00000243. The molecule has 3 rings (SSSR count). The smallest absolute Gasteiger partial charge is 0.222 e. The molecule has 1 aliphatic carbocycles. The van der Waals surface area contributed by atoms with Crippen LogP contribution in [0.4, 0.5) is 11.5 Å². The predicted molar refractivity (Wildman–Crippen MR) is 116 cm³/mol. The number of fused-ring (bicyclic) bond motifs is 1. The van der Waals surface area contributed by atoms with Gasteiger partial charge in [0.1, 0.15) is 5.82 Å². The van der Waals surface area contributed by atoms with E-state index in [1.165, 1.54) is 30.9 Å². The van der Waals surface area contributed by atoms with Crippen LogP contribution in [0.3, 0.4) is 0 Å². The van der Waals surface area contributed by atoms with E-state index in [0.717, 1.165) is 24.1 Å². The largest absolute Gasteiger partial charge is 0.370 e. The highest BCUT2D eigenvalue weighted by Crippen LogP contribution is 2.27. The first kappa shape index (κ1) is 20.2. The Kier molecular flexibility index (Phi) is 7.38. The number of hydrogen-bond donors (Lipinski definition) is 3. The van der Waals surface area contributed by atoms with Crippen molar-refractivity contribution in [3.8, 4) is 0 Å². The van der Waals surface area contributed by atoms with Gasteiger partial charge in [-0.15, -0.1) is 24.0 Å². The van der Waals surface area contributed by atoms with E-state index in [9.17, 15) is 4.79 Å². The van der Waals surface area contributed by atoms with Crippen LogP contribution in [-0.2, 0) is 24.2 Å². The van der Waals surface area contributed by atoms with Crippen molar-refractivity contribution >= 4 is 47.3 Å². The molecule has 0 atom stereocenters. The third-order valence-corrected chi connectivity index (χ3v) is 4.22. The number of nitrogens with two attached hydrogens (primary N) is 1. The molecule has 6 nitrogen and oxygen atoms in total. The quantitative estimate of drug-likeness (QED) is 0.367. The zero-order valence-corrected chi connectivity index (χ0v) is 17.1. The fourth-order valence-electron chi connectivity index (χ4n) is 3.02. The van der Waals surface area contributed by atoms with Crippen molar-refractivity contribution in [1.82, 2.24) is 4.98 Å². The Bertz CT molecular complexity index is 789. The van der Waals surface area contributed by atoms with E-state index in [0.29, 0.717) is 18.3 Å². The maximum atomic E-state index is 11.0. The lowest BCUT2D eigenvalue weighted by molar-refractivity contribution is -0.114. The molecule has 1 aromatic heterocycles. The minimum absolute atomic E-state index is 0. The number of nitrogens with zero attached hydrogens (tertiary/aromatic N) is 2. The molecule has 0 unspecified atom stereocenters. The third-order valence-electron chi connectivity index (χ3n) is 4.22. The maximum absolute atomic E-state index is 11.0. The fraction of sp³-hybridized carbons (Fsp3) is 0.316. The van der Waals surface area contributed by atoms with Gasteiger partial charge in [-0.1, -0.05) is 18.2 Å². The zero-order chi connectivity index (χ0) is 17.6. The van der Waals surface area contributed by atoms with E-state index in [1.807, 2.05) is 6.07 Å². The molecule has 0 bridgehead atoms. The first-order chi connectivity index (χ1) is 12.1. The van der Waals surface area contributed by atoms with Crippen molar-refractivity contribution in [2.45, 2.75) is 39.2 Å². The second-order valence-corrected chi connectivity index (χ2v) is 6.21. The van der Waals surface area contributed by atoms with E-state index in [1.54, 1.807) is 12.3 Å². The summed E-state index contributed by atoms with van der Waals surface area (Å²) < 4.78 is 0. The van der Waals surface area contributed by atoms with Gasteiger partial charge in [0.2, 0.25) is 5.91 Å². The molecule has 2 aromatic rings. The highest BCUT2D eigenvalue weighted by molar-refractivity contribution is 14.0. The van der Waals surface area contributed by atoms with Gasteiger partial charge in [-0.25, -0.2) is 9.98 Å². The molecule has 0 spiro atoms. The number of aliphatic imine (C=N–C) groups is 1. The summed E-state index contributed by atoms with van der Waals surface area (Å²) in [6.45, 7) is 1.88. The van der Waals surface area contributed by atoms with E-state index < -0.39 is 0 Å². The molecule has 1 aliphatic rings. The van der Waals surface area contributed by atoms with E-state index in [2.05, 4.69) is 38.8 Å². The molecule has 1 heterocycles. The fourth-order valence-corrected chi connectivity index (χ4v) is 3.02. The van der Waals surface area contributed by atoms with Crippen LogP contribution in [0.5, 0.6) is 0 Å². The van der Waals surface area contributed by atoms with E-state index >= 15 is 0 Å². The number of halogens is 1. The number of aryl methyl sites for hydroxylation is 1. The minimum Gasteiger partial charge on any atom is -0.370 e. The van der Waals surface area contributed by atoms with Gasteiger partial charge < -0.3 is 16.4 Å². The number of amides is 1. The molecule has 26 heavy (non-hydrogen) atoms. The first-order valence-electron chi connectivity index (χ1n) is 8.52. The summed E-state index contributed by atoms with van der Waals surface area (Å²) >= 11 is 0. The third kappa shape index (κ3) is 5.42. The monoisotopic (exact) mass is 465 g/mol. The number of pyridine rings is 1. The number of guanidine groups is 1. The van der Waals surface area contributed by atoms with Crippen LogP contribution >= 0.6 is 24.0 Å². The lowest BCUT2D eigenvalue weighted by Gasteiger charge is -2.19. The van der Waals surface area contributed by atoms with Gasteiger partial charge in [0.25, 0.3) is 0 Å². The van der Waals surface area contributed by atoms with Crippen LogP contribution in [-0.4, -0.2) is 16.9 Å². The molecule has 138 valence electrons. The summed E-state index contributed by atoms with van der Waals surface area (Å²) in [5, 5.41) is 5.86. The van der Waals surface area contributed by atoms with Crippen molar-refractivity contribution in [2.24, 2.45) is 10.7 Å². The Morgan fingerprint density at radius 3 is 2.73 bits per heavy atom. The van der Waals surface area contributed by atoms with Crippen LogP contribution in [0.2, 0.25) is 0 Å². The standard InChI is InChI=1S/C19H23N5O.HI/c1-13(25)23-18-10-9-14(11-21-18)12-22-19(20)24-17-8-4-6-15-5-2-3-7-16(15)17;/h4,6,8-11H,2-3,5,7,12H2,1H3,(H3,20,22,24)(H,21,23,25);1H. The molecule has 1 aromatic carbocycles. The summed E-state index contributed by atoms with van der Waals surface area (Å²) in [6.07, 6.45) is 6.37. The van der Waals surface area contributed by atoms with Crippen molar-refractivity contribution in [3.05, 3.63) is 53.2 Å². The second-order valence-electron chi connectivity index (χ2n) is 6.21. The van der Waals surface area contributed by atoms with Gasteiger partial charge in [-0.3, -0.25) is 4.79 Å². The number of aromatic nitrogens is 1. The second kappa shape index (κ2) is 9.51. The summed E-state index contributed by atoms with van der Waals surface area (Å²) in [4.78, 5) is 19.6. The van der Waals surface area contributed by atoms with Crippen LogP contribution < -0.4 is 16.4 Å². The number of anilines is 2. The van der Waals surface area contributed by atoms with Gasteiger partial charge in [0, 0.05) is 18.8 Å². The molecule has 0 radical (unpaired) electrons. The Morgan fingerprint density at radius 1 is 1.19 bits per heavy atom. The van der Waals surface area contributed by atoms with Crippen molar-refractivity contribution in [1.29, 1.82) is 0 Å². The van der Waals surface area contributed by atoms with Gasteiger partial charge >= 0.3 is 0 Å². The van der Waals surface area contributed by atoms with Gasteiger partial charge in [0.05, 0.1) is 6.54 Å². The number of hydrogen-bond acceptors (Lipinski definition) is 3. The topological polar surface area (TPSA) is 92.4 Å². The molecule has 4 N–H and O–H groups in total. The van der Waals surface area contributed by atoms with Crippen molar-refractivity contribution in [3.63, 3.8) is 0 Å². The average molecular weight is 465 g/mol. The van der Waals surface area contributed by atoms with Gasteiger partial charge in [-0.05, 0) is 54.5 Å². The molecule has 0 aliphatic heterocycles. The number of carbonyl (C=O) groups is 1. The van der Waals surface area contributed by atoms with Crippen molar-refractivity contribution in [2.75, 3.05) is 10.6 Å². The molecule has 0 saturated heterocycles. The average Bonchev–Trinajstić information content (AvgIpc) is 2.61. The Labute approximate surface area is 170 Å². The number of benzene rings is 1. The predicted octanol–water partition coefficient (Wildman–Crippen LogP) is 3.46. The number of rotatable bonds is 4. The lowest BCUT2D eigenvalue weighted by Crippen LogP contribution is -2.24. The van der Waals surface area contributed by atoms with Crippen LogP contribution in [0.1, 0.15) is 36.5 Å². The highest BCUT2D eigenvalue weighted by atomic mass is 127. The van der Waals surface area contributed by atoms with Gasteiger partial charge in [-0.2, -0.15) is 0 Å².